The van der Waals surface area contributed by atoms with Crippen molar-refractivity contribution in [2.24, 2.45) is 5.92 Å². The van der Waals surface area contributed by atoms with Gasteiger partial charge in [0.15, 0.2) is 5.78 Å². The summed E-state index contributed by atoms with van der Waals surface area (Å²) in [6, 6.07) is 23.8. The van der Waals surface area contributed by atoms with Crippen molar-refractivity contribution in [2.75, 3.05) is 0 Å². The number of ether oxygens (including phenoxy) is 1. The molecule has 2 heteroatoms. The summed E-state index contributed by atoms with van der Waals surface area (Å²) in [7, 11) is 0. The molecule has 0 fully saturated rings. The van der Waals surface area contributed by atoms with Crippen LogP contribution in [0, 0.1) is 5.92 Å². The Labute approximate surface area is 141 Å². The molecule has 0 spiro atoms. The smallest absolute Gasteiger partial charge is 0.166 e. The number of rotatable bonds is 3. The quantitative estimate of drug-likeness (QED) is 0.636. The van der Waals surface area contributed by atoms with Crippen molar-refractivity contribution in [3.8, 4) is 22.6 Å². The van der Waals surface area contributed by atoms with Crippen molar-refractivity contribution in [1.82, 2.24) is 0 Å². The second-order valence-corrected chi connectivity index (χ2v) is 6.25. The molecular weight excluding hydrogens is 296 g/mol. The molecule has 3 aromatic carbocycles. The Hall–Kier alpha value is -2.87. The second kappa shape index (κ2) is 5.97. The van der Waals surface area contributed by atoms with Gasteiger partial charge in [0.1, 0.15) is 11.5 Å². The topological polar surface area (TPSA) is 26.3 Å². The van der Waals surface area contributed by atoms with Gasteiger partial charge in [-0.05, 0) is 47.4 Å². The van der Waals surface area contributed by atoms with E-state index in [2.05, 4.69) is 6.07 Å². The fourth-order valence-corrected chi connectivity index (χ4v) is 3.30. The lowest BCUT2D eigenvalue weighted by atomic mass is 9.96. The lowest BCUT2D eigenvalue weighted by molar-refractivity contribution is 0.0947. The van der Waals surface area contributed by atoms with Gasteiger partial charge >= 0.3 is 0 Å². The van der Waals surface area contributed by atoms with Gasteiger partial charge in [-0.15, -0.1) is 0 Å². The Kier molecular flexibility index (Phi) is 3.66. The van der Waals surface area contributed by atoms with E-state index < -0.39 is 0 Å². The normalized spacial score (nSPS) is 16.0. The number of hydrogen-bond acceptors (Lipinski definition) is 2. The van der Waals surface area contributed by atoms with E-state index in [4.69, 9.17) is 4.74 Å². The number of carbonyl (C=O) groups excluding carboxylic acids is 1. The van der Waals surface area contributed by atoms with E-state index in [1.54, 1.807) is 0 Å². The van der Waals surface area contributed by atoms with Crippen LogP contribution in [-0.4, -0.2) is 5.78 Å². The van der Waals surface area contributed by atoms with E-state index in [-0.39, 0.29) is 11.7 Å². The van der Waals surface area contributed by atoms with Crippen LogP contribution in [0.2, 0.25) is 0 Å². The molecule has 0 radical (unpaired) electrons. The molecular formula is C22H18O2. The minimum absolute atomic E-state index is 0.0850. The van der Waals surface area contributed by atoms with E-state index in [1.165, 1.54) is 0 Å². The zero-order valence-electron chi connectivity index (χ0n) is 13.5. The molecule has 1 aliphatic carbocycles. The van der Waals surface area contributed by atoms with Crippen LogP contribution >= 0.6 is 0 Å². The van der Waals surface area contributed by atoms with E-state index in [0.717, 1.165) is 40.2 Å². The Morgan fingerprint density at radius 1 is 0.833 bits per heavy atom. The Morgan fingerprint density at radius 2 is 1.54 bits per heavy atom. The highest BCUT2D eigenvalue weighted by Crippen LogP contribution is 2.35. The molecule has 118 valence electrons. The Bertz CT molecular complexity index is 880. The third-order valence-electron chi connectivity index (χ3n) is 4.52. The first-order valence-electron chi connectivity index (χ1n) is 8.22. The van der Waals surface area contributed by atoms with Crippen molar-refractivity contribution in [1.29, 1.82) is 0 Å². The fourth-order valence-electron chi connectivity index (χ4n) is 3.30. The van der Waals surface area contributed by atoms with Crippen LogP contribution in [0.25, 0.3) is 11.1 Å². The summed E-state index contributed by atoms with van der Waals surface area (Å²) >= 11 is 0. The van der Waals surface area contributed by atoms with Crippen LogP contribution < -0.4 is 4.74 Å². The summed E-state index contributed by atoms with van der Waals surface area (Å²) in [6.07, 6.45) is 0.844. The highest BCUT2D eigenvalue weighted by Gasteiger charge is 2.29. The van der Waals surface area contributed by atoms with E-state index in [0.29, 0.717) is 0 Å². The van der Waals surface area contributed by atoms with Gasteiger partial charge in [-0.3, -0.25) is 4.79 Å². The van der Waals surface area contributed by atoms with Gasteiger partial charge in [-0.25, -0.2) is 0 Å². The third-order valence-corrected chi connectivity index (χ3v) is 4.52. The molecule has 0 saturated carbocycles. The van der Waals surface area contributed by atoms with E-state index in [9.17, 15) is 4.79 Å². The number of carbonyl (C=O) groups is 1. The van der Waals surface area contributed by atoms with Gasteiger partial charge in [0.05, 0.1) is 0 Å². The van der Waals surface area contributed by atoms with Crippen LogP contribution in [0.5, 0.6) is 11.5 Å². The molecule has 2 nitrogen and oxygen atoms in total. The molecule has 0 aliphatic heterocycles. The molecule has 24 heavy (non-hydrogen) atoms. The van der Waals surface area contributed by atoms with Gasteiger partial charge in [-0.1, -0.05) is 55.5 Å². The maximum atomic E-state index is 12.5. The fraction of sp³-hybridized carbons (Fsp3) is 0.136. The molecule has 0 amide bonds. The SMILES string of the molecule is CC1Cc2cccc(-c3ccc(Oc4ccccc4)cc3)c2C1=O. The average molecular weight is 314 g/mol. The molecule has 3 aromatic rings. The van der Waals surface area contributed by atoms with Crippen molar-refractivity contribution in [3.05, 3.63) is 83.9 Å². The largest absolute Gasteiger partial charge is 0.457 e. The van der Waals surface area contributed by atoms with Crippen molar-refractivity contribution < 1.29 is 9.53 Å². The molecule has 0 bridgehead atoms. The highest BCUT2D eigenvalue weighted by atomic mass is 16.5. The van der Waals surface area contributed by atoms with Gasteiger partial charge in [0.25, 0.3) is 0 Å². The number of ketones is 1. The van der Waals surface area contributed by atoms with Crippen molar-refractivity contribution in [2.45, 2.75) is 13.3 Å². The van der Waals surface area contributed by atoms with Gasteiger partial charge < -0.3 is 4.74 Å². The van der Waals surface area contributed by atoms with Crippen LogP contribution in [0.3, 0.4) is 0 Å². The number of fused-ring (bicyclic) bond motifs is 1. The summed E-state index contributed by atoms with van der Waals surface area (Å²) < 4.78 is 5.83. The summed E-state index contributed by atoms with van der Waals surface area (Å²) in [5.41, 5.74) is 4.12. The summed E-state index contributed by atoms with van der Waals surface area (Å²) in [5, 5.41) is 0. The molecule has 4 rings (SSSR count). The van der Waals surface area contributed by atoms with Crippen LogP contribution in [-0.2, 0) is 6.42 Å². The standard InChI is InChI=1S/C22H18O2/c1-15-14-17-6-5-9-20(21(17)22(15)23)16-10-12-19(13-11-16)24-18-7-3-2-4-8-18/h2-13,15H,14H2,1H3. The predicted octanol–water partition coefficient (Wildman–Crippen LogP) is 5.52. The monoisotopic (exact) mass is 314 g/mol. The number of hydrogen-bond donors (Lipinski definition) is 0. The third kappa shape index (κ3) is 2.61. The minimum Gasteiger partial charge on any atom is -0.457 e. The zero-order chi connectivity index (χ0) is 16.5. The Balaban J connectivity index is 1.65. The first-order chi connectivity index (χ1) is 11.7. The molecule has 1 atom stereocenters. The predicted molar refractivity (Wildman–Crippen MR) is 95.6 cm³/mol. The number of Topliss-reactive ketones (excluding diaryl/α,β-unsaturated/α-hetero) is 1. The van der Waals surface area contributed by atoms with Crippen molar-refractivity contribution >= 4 is 5.78 Å². The van der Waals surface area contributed by atoms with Crippen molar-refractivity contribution in [3.63, 3.8) is 0 Å². The molecule has 1 unspecified atom stereocenters. The summed E-state index contributed by atoms with van der Waals surface area (Å²) in [5.74, 6) is 1.94. The lowest BCUT2D eigenvalue weighted by Crippen LogP contribution is -2.04. The molecule has 0 heterocycles. The first kappa shape index (κ1) is 14.7. The molecule has 1 aliphatic rings. The molecule has 0 N–H and O–H groups in total. The van der Waals surface area contributed by atoms with Gasteiger partial charge in [-0.2, -0.15) is 0 Å². The summed E-state index contributed by atoms with van der Waals surface area (Å²) in [6.45, 7) is 2.00. The number of para-hydroxylation sites is 1. The van der Waals surface area contributed by atoms with E-state index >= 15 is 0 Å². The van der Waals surface area contributed by atoms with Crippen LogP contribution in [0.1, 0.15) is 22.8 Å². The van der Waals surface area contributed by atoms with Gasteiger partial charge in [0.2, 0.25) is 0 Å². The second-order valence-electron chi connectivity index (χ2n) is 6.25. The van der Waals surface area contributed by atoms with E-state index in [1.807, 2.05) is 73.7 Å². The minimum atomic E-state index is 0.0850. The Morgan fingerprint density at radius 3 is 2.29 bits per heavy atom. The first-order valence-corrected chi connectivity index (χ1v) is 8.22. The maximum absolute atomic E-state index is 12.5. The molecule has 0 saturated heterocycles. The number of benzene rings is 3. The maximum Gasteiger partial charge on any atom is 0.166 e. The highest BCUT2D eigenvalue weighted by molar-refractivity contribution is 6.07. The lowest BCUT2D eigenvalue weighted by Gasteiger charge is -2.10. The van der Waals surface area contributed by atoms with Crippen LogP contribution in [0.15, 0.2) is 72.8 Å². The average Bonchev–Trinajstić information content (AvgIpc) is 2.91. The van der Waals surface area contributed by atoms with Crippen LogP contribution in [0.4, 0.5) is 0 Å². The summed E-state index contributed by atoms with van der Waals surface area (Å²) in [4.78, 5) is 12.5. The zero-order valence-corrected chi connectivity index (χ0v) is 13.5. The van der Waals surface area contributed by atoms with Gasteiger partial charge in [0, 0.05) is 11.5 Å². The molecule has 0 aromatic heterocycles.